The minimum absolute atomic E-state index is 0.229. The van der Waals surface area contributed by atoms with Gasteiger partial charge in [0, 0.05) is 63.8 Å². The number of carboxylic acids is 1. The van der Waals surface area contributed by atoms with Crippen LogP contribution in [0.3, 0.4) is 0 Å². The first-order valence-corrected chi connectivity index (χ1v) is 10.4. The van der Waals surface area contributed by atoms with Gasteiger partial charge < -0.3 is 20.2 Å². The van der Waals surface area contributed by atoms with E-state index in [-0.39, 0.29) is 6.42 Å². The normalized spacial score (nSPS) is 24.5. The third kappa shape index (κ3) is 5.54. The van der Waals surface area contributed by atoms with Crippen LogP contribution in [0.4, 0.5) is 11.6 Å². The fraction of sp³-hybridized carbons (Fsp3) is 0.750. The SMILES string of the molecule is CC(C)Nc1cc(N2CC[C@@H](N3CCN(C)CC3)[C@@H](CCC(=O)O)C2)ncn1. The predicted octanol–water partition coefficient (Wildman–Crippen LogP) is 1.60. The maximum Gasteiger partial charge on any atom is 0.303 e. The fourth-order valence-electron chi connectivity index (χ4n) is 4.35. The molecule has 1 aromatic rings. The largest absolute Gasteiger partial charge is 0.481 e. The van der Waals surface area contributed by atoms with Crippen molar-refractivity contribution in [1.29, 1.82) is 0 Å². The van der Waals surface area contributed by atoms with Gasteiger partial charge in [0.2, 0.25) is 0 Å². The minimum atomic E-state index is -0.709. The van der Waals surface area contributed by atoms with E-state index in [0.717, 1.165) is 57.3 Å². The highest BCUT2D eigenvalue weighted by atomic mass is 16.4. The Labute approximate surface area is 167 Å². The summed E-state index contributed by atoms with van der Waals surface area (Å²) < 4.78 is 0. The summed E-state index contributed by atoms with van der Waals surface area (Å²) in [6, 6.07) is 2.78. The van der Waals surface area contributed by atoms with Gasteiger partial charge in [-0.05, 0) is 39.7 Å². The van der Waals surface area contributed by atoms with Crippen LogP contribution >= 0.6 is 0 Å². The number of nitrogens with one attached hydrogen (secondary N) is 1. The molecule has 3 rings (SSSR count). The Morgan fingerprint density at radius 2 is 2.00 bits per heavy atom. The number of likely N-dealkylation sites (N-methyl/N-ethyl adjacent to an activating group) is 1. The van der Waals surface area contributed by atoms with Crippen LogP contribution in [0.15, 0.2) is 12.4 Å². The number of carbonyl (C=O) groups is 1. The van der Waals surface area contributed by atoms with Crippen molar-refractivity contribution in [3.8, 4) is 0 Å². The molecule has 0 amide bonds. The van der Waals surface area contributed by atoms with E-state index in [1.165, 1.54) is 0 Å². The van der Waals surface area contributed by atoms with Gasteiger partial charge in [-0.25, -0.2) is 9.97 Å². The summed E-state index contributed by atoms with van der Waals surface area (Å²) in [6.45, 7) is 10.3. The van der Waals surface area contributed by atoms with Crippen molar-refractivity contribution in [3.63, 3.8) is 0 Å². The molecule has 2 saturated heterocycles. The molecule has 8 nitrogen and oxygen atoms in total. The lowest BCUT2D eigenvalue weighted by atomic mass is 9.86. The van der Waals surface area contributed by atoms with Crippen LogP contribution in [-0.2, 0) is 4.79 Å². The van der Waals surface area contributed by atoms with Gasteiger partial charge in [0.15, 0.2) is 0 Å². The number of aromatic nitrogens is 2. The topological polar surface area (TPSA) is 84.8 Å². The number of rotatable bonds is 7. The number of aliphatic carboxylic acids is 1. The first-order valence-electron chi connectivity index (χ1n) is 10.4. The van der Waals surface area contributed by atoms with Gasteiger partial charge in [0.05, 0.1) is 0 Å². The maximum atomic E-state index is 11.2. The molecule has 0 radical (unpaired) electrons. The number of piperidine rings is 1. The van der Waals surface area contributed by atoms with Crippen LogP contribution in [0, 0.1) is 5.92 Å². The summed E-state index contributed by atoms with van der Waals surface area (Å²) >= 11 is 0. The molecule has 2 aliphatic rings. The van der Waals surface area contributed by atoms with Gasteiger partial charge in [0.1, 0.15) is 18.0 Å². The van der Waals surface area contributed by atoms with Gasteiger partial charge in [-0.15, -0.1) is 0 Å². The van der Waals surface area contributed by atoms with E-state index in [1.54, 1.807) is 6.33 Å². The Morgan fingerprint density at radius 3 is 2.68 bits per heavy atom. The zero-order valence-electron chi connectivity index (χ0n) is 17.3. The lowest BCUT2D eigenvalue weighted by Crippen LogP contribution is -2.56. The lowest BCUT2D eigenvalue weighted by molar-refractivity contribution is -0.137. The average Bonchev–Trinajstić information content (AvgIpc) is 2.66. The monoisotopic (exact) mass is 390 g/mol. The van der Waals surface area contributed by atoms with Crippen LogP contribution in [-0.4, -0.2) is 89.2 Å². The number of anilines is 2. The molecule has 2 atom stereocenters. The van der Waals surface area contributed by atoms with Gasteiger partial charge in [-0.2, -0.15) is 0 Å². The van der Waals surface area contributed by atoms with Crippen molar-refractivity contribution < 1.29 is 9.90 Å². The van der Waals surface area contributed by atoms with Crippen molar-refractivity contribution in [2.75, 3.05) is 56.5 Å². The summed E-state index contributed by atoms with van der Waals surface area (Å²) in [4.78, 5) is 27.2. The van der Waals surface area contributed by atoms with Gasteiger partial charge in [0.25, 0.3) is 0 Å². The number of carboxylic acid groups (broad SMARTS) is 1. The predicted molar refractivity (Wildman–Crippen MR) is 111 cm³/mol. The highest BCUT2D eigenvalue weighted by Gasteiger charge is 2.35. The van der Waals surface area contributed by atoms with Gasteiger partial charge in [-0.3, -0.25) is 9.69 Å². The highest BCUT2D eigenvalue weighted by molar-refractivity contribution is 5.66. The van der Waals surface area contributed by atoms with E-state index < -0.39 is 5.97 Å². The van der Waals surface area contributed by atoms with Gasteiger partial charge in [-0.1, -0.05) is 0 Å². The minimum Gasteiger partial charge on any atom is -0.481 e. The van der Waals surface area contributed by atoms with E-state index in [1.807, 2.05) is 6.07 Å². The summed E-state index contributed by atoms with van der Waals surface area (Å²) in [5, 5.41) is 12.5. The Kier molecular flexibility index (Phi) is 7.07. The second-order valence-electron chi connectivity index (χ2n) is 8.39. The van der Waals surface area contributed by atoms with Crippen molar-refractivity contribution >= 4 is 17.6 Å². The third-order valence-electron chi connectivity index (χ3n) is 5.84. The molecule has 3 heterocycles. The molecule has 156 valence electrons. The molecule has 0 unspecified atom stereocenters. The van der Waals surface area contributed by atoms with Crippen molar-refractivity contribution in [1.82, 2.24) is 19.8 Å². The van der Waals surface area contributed by atoms with Crippen LogP contribution in [0.1, 0.15) is 33.1 Å². The smallest absolute Gasteiger partial charge is 0.303 e. The lowest BCUT2D eigenvalue weighted by Gasteiger charge is -2.46. The number of nitrogens with zero attached hydrogens (tertiary/aromatic N) is 5. The number of piperazine rings is 1. The second kappa shape index (κ2) is 9.52. The van der Waals surface area contributed by atoms with Crippen molar-refractivity contribution in [3.05, 3.63) is 12.4 Å². The molecular weight excluding hydrogens is 356 g/mol. The number of hydrogen-bond acceptors (Lipinski definition) is 7. The maximum absolute atomic E-state index is 11.2. The van der Waals surface area contributed by atoms with E-state index >= 15 is 0 Å². The first-order chi connectivity index (χ1) is 13.4. The zero-order valence-corrected chi connectivity index (χ0v) is 17.3. The van der Waals surface area contributed by atoms with Crippen LogP contribution < -0.4 is 10.2 Å². The van der Waals surface area contributed by atoms with Crippen LogP contribution in [0.25, 0.3) is 0 Å². The molecular formula is C20H34N6O2. The highest BCUT2D eigenvalue weighted by Crippen LogP contribution is 2.30. The summed E-state index contributed by atoms with van der Waals surface area (Å²) in [6.07, 6.45) is 3.60. The summed E-state index contributed by atoms with van der Waals surface area (Å²) in [5.41, 5.74) is 0. The first kappa shape index (κ1) is 20.8. The second-order valence-corrected chi connectivity index (χ2v) is 8.39. The Balaban J connectivity index is 1.70. The van der Waals surface area contributed by atoms with Crippen molar-refractivity contribution in [2.45, 2.75) is 45.2 Å². The van der Waals surface area contributed by atoms with Crippen LogP contribution in [0.5, 0.6) is 0 Å². The van der Waals surface area contributed by atoms with Crippen molar-refractivity contribution in [2.24, 2.45) is 5.92 Å². The summed E-state index contributed by atoms with van der Waals surface area (Å²) in [7, 11) is 2.17. The molecule has 1 aromatic heterocycles. The third-order valence-corrected chi connectivity index (χ3v) is 5.84. The quantitative estimate of drug-likeness (QED) is 0.726. The molecule has 2 N–H and O–H groups in total. The van der Waals surface area contributed by atoms with Crippen LogP contribution in [0.2, 0.25) is 0 Å². The molecule has 0 saturated carbocycles. The molecule has 2 fully saturated rings. The molecule has 0 aromatic carbocycles. The van der Waals surface area contributed by atoms with E-state index in [0.29, 0.717) is 24.4 Å². The molecule has 2 aliphatic heterocycles. The molecule has 28 heavy (non-hydrogen) atoms. The molecule has 0 spiro atoms. The van der Waals surface area contributed by atoms with Gasteiger partial charge >= 0.3 is 5.97 Å². The zero-order chi connectivity index (χ0) is 20.1. The Morgan fingerprint density at radius 1 is 1.25 bits per heavy atom. The van der Waals surface area contributed by atoms with E-state index in [4.69, 9.17) is 0 Å². The Hall–Kier alpha value is -1.93. The molecule has 8 heteroatoms. The molecule has 0 bridgehead atoms. The van der Waals surface area contributed by atoms with E-state index in [2.05, 4.69) is 50.9 Å². The fourth-order valence-corrected chi connectivity index (χ4v) is 4.35. The standard InChI is InChI=1S/C20H34N6O2/c1-15(2)23-18-12-19(22-14-21-18)26-7-6-17(16(13-26)4-5-20(27)28)25-10-8-24(3)9-11-25/h12,14-17H,4-11,13H2,1-3H3,(H,27,28)(H,21,22,23)/t16-,17+/m0/s1. The summed E-state index contributed by atoms with van der Waals surface area (Å²) in [5.74, 6) is 1.39. The number of hydrogen-bond donors (Lipinski definition) is 2. The molecule has 0 aliphatic carbocycles. The Bertz CT molecular complexity index is 647. The average molecular weight is 391 g/mol. The van der Waals surface area contributed by atoms with E-state index in [9.17, 15) is 9.90 Å².